The zero-order valence-corrected chi connectivity index (χ0v) is 10.0. The second kappa shape index (κ2) is 6.15. The van der Waals surface area contributed by atoms with E-state index in [4.69, 9.17) is 5.11 Å². The molecule has 94 valence electrons. The monoisotopic (exact) mass is 239 g/mol. The summed E-state index contributed by atoms with van der Waals surface area (Å²) < 4.78 is 1.23. The number of aryl methyl sites for hydroxylation is 1. The van der Waals surface area contributed by atoms with E-state index in [9.17, 15) is 9.59 Å². The summed E-state index contributed by atoms with van der Waals surface area (Å²) in [4.78, 5) is 22.9. The Labute approximate surface area is 99.3 Å². The number of nitrogens with zero attached hydrogens (tertiary/aromatic N) is 2. The molecule has 0 radical (unpaired) electrons. The Bertz CT molecular complexity index is 440. The molecule has 0 aliphatic carbocycles. The number of hydrogen-bond donors (Lipinski definition) is 2. The van der Waals surface area contributed by atoms with E-state index >= 15 is 0 Å². The zero-order valence-electron chi connectivity index (χ0n) is 10.0. The number of carbonyl (C=O) groups excluding carboxylic acids is 1. The second-order valence-electron chi connectivity index (χ2n) is 3.77. The number of aromatic nitrogens is 2. The van der Waals surface area contributed by atoms with Crippen molar-refractivity contribution in [2.75, 3.05) is 6.54 Å². The van der Waals surface area contributed by atoms with Gasteiger partial charge in [-0.25, -0.2) is 4.68 Å². The van der Waals surface area contributed by atoms with E-state index in [1.165, 1.54) is 16.8 Å². The SMILES string of the molecule is CCn1nc(C(=O)NCCC(C)O)ccc1=O. The minimum Gasteiger partial charge on any atom is -0.393 e. The molecule has 1 amide bonds. The van der Waals surface area contributed by atoms with Crippen molar-refractivity contribution in [2.45, 2.75) is 32.9 Å². The minimum absolute atomic E-state index is 0.206. The highest BCUT2D eigenvalue weighted by Gasteiger charge is 2.08. The topological polar surface area (TPSA) is 84.2 Å². The summed E-state index contributed by atoms with van der Waals surface area (Å²) in [6.07, 6.45) is 0.0342. The van der Waals surface area contributed by atoms with E-state index in [1.807, 2.05) is 0 Å². The van der Waals surface area contributed by atoms with Crippen LogP contribution in [-0.4, -0.2) is 33.4 Å². The van der Waals surface area contributed by atoms with Crippen molar-refractivity contribution < 1.29 is 9.90 Å². The van der Waals surface area contributed by atoms with Crippen LogP contribution in [0.3, 0.4) is 0 Å². The summed E-state index contributed by atoms with van der Waals surface area (Å²) in [6, 6.07) is 2.71. The molecule has 1 rings (SSSR count). The number of aliphatic hydroxyl groups excluding tert-OH is 1. The Kier molecular flexibility index (Phi) is 4.84. The molecule has 6 heteroatoms. The molecule has 17 heavy (non-hydrogen) atoms. The van der Waals surface area contributed by atoms with Crippen molar-refractivity contribution in [1.82, 2.24) is 15.1 Å². The molecule has 2 N–H and O–H groups in total. The first kappa shape index (κ1) is 13.4. The van der Waals surface area contributed by atoms with Crippen molar-refractivity contribution in [2.24, 2.45) is 0 Å². The number of carbonyl (C=O) groups is 1. The van der Waals surface area contributed by atoms with Gasteiger partial charge < -0.3 is 10.4 Å². The van der Waals surface area contributed by atoms with Crippen LogP contribution in [0.15, 0.2) is 16.9 Å². The molecule has 1 unspecified atom stereocenters. The highest BCUT2D eigenvalue weighted by molar-refractivity contribution is 5.91. The molecule has 0 saturated carbocycles. The molecule has 0 spiro atoms. The first-order valence-electron chi connectivity index (χ1n) is 5.59. The standard InChI is InChI=1S/C11H17N3O3/c1-3-14-10(16)5-4-9(13-14)11(17)12-7-6-8(2)15/h4-5,8,15H,3,6-7H2,1-2H3,(H,12,17). The van der Waals surface area contributed by atoms with Crippen LogP contribution < -0.4 is 10.9 Å². The summed E-state index contributed by atoms with van der Waals surface area (Å²) in [5.41, 5.74) is -0.0231. The number of rotatable bonds is 5. The molecule has 1 atom stereocenters. The lowest BCUT2D eigenvalue weighted by Crippen LogP contribution is -2.30. The second-order valence-corrected chi connectivity index (χ2v) is 3.77. The molecule has 1 aromatic rings. The smallest absolute Gasteiger partial charge is 0.271 e. The molecular formula is C11H17N3O3. The van der Waals surface area contributed by atoms with Gasteiger partial charge in [-0.15, -0.1) is 0 Å². The van der Waals surface area contributed by atoms with Crippen LogP contribution in [0.5, 0.6) is 0 Å². The molecule has 0 saturated heterocycles. The van der Waals surface area contributed by atoms with Crippen molar-refractivity contribution >= 4 is 5.91 Å². The predicted octanol–water partition coefficient (Wildman–Crippen LogP) is -0.236. The van der Waals surface area contributed by atoms with Crippen LogP contribution in [0.4, 0.5) is 0 Å². The Morgan fingerprint density at radius 1 is 1.59 bits per heavy atom. The van der Waals surface area contributed by atoms with E-state index in [2.05, 4.69) is 10.4 Å². The van der Waals surface area contributed by atoms with E-state index in [0.717, 1.165) is 0 Å². The summed E-state index contributed by atoms with van der Waals surface area (Å²) in [6.45, 7) is 4.24. The molecule has 1 heterocycles. The molecule has 0 fully saturated rings. The largest absolute Gasteiger partial charge is 0.393 e. The third kappa shape index (κ3) is 3.99. The molecule has 6 nitrogen and oxygen atoms in total. The average molecular weight is 239 g/mol. The van der Waals surface area contributed by atoms with E-state index in [1.54, 1.807) is 13.8 Å². The van der Waals surface area contributed by atoms with Crippen molar-refractivity contribution in [3.8, 4) is 0 Å². The number of amides is 1. The van der Waals surface area contributed by atoms with Crippen molar-refractivity contribution in [3.63, 3.8) is 0 Å². The third-order valence-corrected chi connectivity index (χ3v) is 2.25. The summed E-state index contributed by atoms with van der Waals surface area (Å²) >= 11 is 0. The van der Waals surface area contributed by atoms with Gasteiger partial charge in [0, 0.05) is 19.2 Å². The Morgan fingerprint density at radius 2 is 2.29 bits per heavy atom. The van der Waals surface area contributed by atoms with Gasteiger partial charge in [-0.1, -0.05) is 0 Å². The molecule has 0 aliphatic rings. The molecule has 1 aromatic heterocycles. The van der Waals surface area contributed by atoms with Gasteiger partial charge in [0.05, 0.1) is 6.10 Å². The molecule has 0 aromatic carbocycles. The van der Waals surface area contributed by atoms with Crippen LogP contribution in [0.1, 0.15) is 30.8 Å². The fraction of sp³-hybridized carbons (Fsp3) is 0.545. The minimum atomic E-state index is -0.451. The van der Waals surface area contributed by atoms with Crippen LogP contribution >= 0.6 is 0 Å². The Morgan fingerprint density at radius 3 is 2.88 bits per heavy atom. The van der Waals surface area contributed by atoms with E-state index in [-0.39, 0.29) is 17.2 Å². The van der Waals surface area contributed by atoms with Crippen LogP contribution in [0, 0.1) is 0 Å². The van der Waals surface area contributed by atoms with Gasteiger partial charge in [0.1, 0.15) is 5.69 Å². The van der Waals surface area contributed by atoms with Crippen LogP contribution in [0.2, 0.25) is 0 Å². The third-order valence-electron chi connectivity index (χ3n) is 2.25. The van der Waals surface area contributed by atoms with E-state index in [0.29, 0.717) is 19.5 Å². The lowest BCUT2D eigenvalue weighted by Gasteiger charge is -2.07. The Hall–Kier alpha value is -1.69. The lowest BCUT2D eigenvalue weighted by molar-refractivity contribution is 0.0938. The maximum Gasteiger partial charge on any atom is 0.271 e. The van der Waals surface area contributed by atoms with Crippen molar-refractivity contribution in [1.29, 1.82) is 0 Å². The van der Waals surface area contributed by atoms with Crippen LogP contribution in [-0.2, 0) is 6.54 Å². The molecular weight excluding hydrogens is 222 g/mol. The lowest BCUT2D eigenvalue weighted by atomic mass is 10.3. The van der Waals surface area contributed by atoms with Crippen molar-refractivity contribution in [3.05, 3.63) is 28.2 Å². The first-order chi connectivity index (χ1) is 8.04. The number of aliphatic hydroxyl groups is 1. The number of hydrogen-bond acceptors (Lipinski definition) is 4. The Balaban J connectivity index is 2.66. The van der Waals surface area contributed by atoms with Gasteiger partial charge >= 0.3 is 0 Å². The highest BCUT2D eigenvalue weighted by atomic mass is 16.3. The first-order valence-corrected chi connectivity index (χ1v) is 5.59. The maximum absolute atomic E-state index is 11.6. The molecule has 0 aliphatic heterocycles. The predicted molar refractivity (Wildman–Crippen MR) is 62.8 cm³/mol. The van der Waals surface area contributed by atoms with Gasteiger partial charge in [0.25, 0.3) is 11.5 Å². The van der Waals surface area contributed by atoms with Gasteiger partial charge in [-0.3, -0.25) is 9.59 Å². The van der Waals surface area contributed by atoms with Gasteiger partial charge in [0.15, 0.2) is 0 Å². The van der Waals surface area contributed by atoms with E-state index < -0.39 is 6.10 Å². The number of nitrogens with one attached hydrogen (secondary N) is 1. The van der Waals surface area contributed by atoms with Gasteiger partial charge in [-0.2, -0.15) is 5.10 Å². The average Bonchev–Trinajstić information content (AvgIpc) is 2.29. The normalized spacial score (nSPS) is 12.2. The van der Waals surface area contributed by atoms with Crippen LogP contribution in [0.25, 0.3) is 0 Å². The van der Waals surface area contributed by atoms with Gasteiger partial charge in [-0.05, 0) is 26.3 Å². The zero-order chi connectivity index (χ0) is 12.8. The molecule has 0 bridgehead atoms. The van der Waals surface area contributed by atoms with Gasteiger partial charge in [0.2, 0.25) is 0 Å². The summed E-state index contributed by atoms with van der Waals surface area (Å²) in [5.74, 6) is -0.340. The fourth-order valence-corrected chi connectivity index (χ4v) is 1.28. The summed E-state index contributed by atoms with van der Waals surface area (Å²) in [5, 5.41) is 15.6. The highest BCUT2D eigenvalue weighted by Crippen LogP contribution is 1.92. The maximum atomic E-state index is 11.6. The quantitative estimate of drug-likeness (QED) is 0.743. The summed E-state index contributed by atoms with van der Waals surface area (Å²) in [7, 11) is 0. The fourth-order valence-electron chi connectivity index (χ4n) is 1.28.